The monoisotopic (exact) mass is 349 g/mol. The molecule has 0 bridgehead atoms. The summed E-state index contributed by atoms with van der Waals surface area (Å²) >= 11 is 3.53. The zero-order valence-corrected chi connectivity index (χ0v) is 13.9. The lowest BCUT2D eigenvalue weighted by Crippen LogP contribution is -2.41. The van der Waals surface area contributed by atoms with Gasteiger partial charge >= 0.3 is 0 Å². The molecular weight excluding hydrogens is 330 g/mol. The number of aryl methyl sites for hydroxylation is 1. The SMILES string of the molecule is CNC1CCN(c2n[nH]c(-c3cc(C)cc(Br)c3)n2)CC1. The van der Waals surface area contributed by atoms with E-state index in [2.05, 4.69) is 66.5 Å². The molecule has 112 valence electrons. The second-order valence-electron chi connectivity index (χ2n) is 5.55. The number of H-pyrrole nitrogens is 1. The molecule has 5 nitrogen and oxygen atoms in total. The maximum atomic E-state index is 4.66. The number of hydrogen-bond acceptors (Lipinski definition) is 4. The summed E-state index contributed by atoms with van der Waals surface area (Å²) in [6.45, 7) is 4.08. The molecule has 1 fully saturated rings. The third kappa shape index (κ3) is 3.27. The standard InChI is InChI=1S/C15H20BrN5/c1-10-7-11(9-12(16)8-10)14-18-15(20-19-14)21-5-3-13(17-2)4-6-21/h7-9,13,17H,3-6H2,1-2H3,(H,18,19,20). The van der Waals surface area contributed by atoms with Crippen LogP contribution in [-0.4, -0.2) is 41.4 Å². The van der Waals surface area contributed by atoms with Crippen molar-refractivity contribution in [2.24, 2.45) is 0 Å². The van der Waals surface area contributed by atoms with Crippen molar-refractivity contribution in [1.82, 2.24) is 20.5 Å². The molecule has 0 spiro atoms. The fourth-order valence-electron chi connectivity index (χ4n) is 2.76. The molecule has 2 aromatic rings. The van der Waals surface area contributed by atoms with Gasteiger partial charge < -0.3 is 10.2 Å². The number of anilines is 1. The van der Waals surface area contributed by atoms with Gasteiger partial charge in [0.15, 0.2) is 5.82 Å². The Balaban J connectivity index is 1.77. The normalized spacial score (nSPS) is 16.4. The highest BCUT2D eigenvalue weighted by atomic mass is 79.9. The highest BCUT2D eigenvalue weighted by molar-refractivity contribution is 9.10. The highest BCUT2D eigenvalue weighted by Gasteiger charge is 2.21. The quantitative estimate of drug-likeness (QED) is 0.894. The summed E-state index contributed by atoms with van der Waals surface area (Å²) < 4.78 is 1.06. The molecule has 1 aromatic carbocycles. The number of hydrogen-bond donors (Lipinski definition) is 2. The molecule has 0 aliphatic carbocycles. The number of aromatic nitrogens is 3. The van der Waals surface area contributed by atoms with E-state index in [1.54, 1.807) is 0 Å². The van der Waals surface area contributed by atoms with Crippen molar-refractivity contribution < 1.29 is 0 Å². The van der Waals surface area contributed by atoms with Crippen molar-refractivity contribution in [3.63, 3.8) is 0 Å². The van der Waals surface area contributed by atoms with E-state index >= 15 is 0 Å². The molecule has 0 atom stereocenters. The summed E-state index contributed by atoms with van der Waals surface area (Å²) in [4.78, 5) is 6.90. The van der Waals surface area contributed by atoms with E-state index in [1.807, 2.05) is 7.05 Å². The van der Waals surface area contributed by atoms with Gasteiger partial charge in [0.1, 0.15) is 0 Å². The summed E-state index contributed by atoms with van der Waals surface area (Å²) in [5.41, 5.74) is 2.26. The smallest absolute Gasteiger partial charge is 0.245 e. The van der Waals surface area contributed by atoms with Crippen molar-refractivity contribution in [1.29, 1.82) is 0 Å². The molecular formula is C15H20BrN5. The van der Waals surface area contributed by atoms with Crippen LogP contribution in [0.2, 0.25) is 0 Å². The van der Waals surface area contributed by atoms with Crippen molar-refractivity contribution in [2.45, 2.75) is 25.8 Å². The summed E-state index contributed by atoms with van der Waals surface area (Å²) in [5, 5.41) is 10.8. The van der Waals surface area contributed by atoms with E-state index in [4.69, 9.17) is 0 Å². The minimum atomic E-state index is 0.618. The largest absolute Gasteiger partial charge is 0.339 e. The van der Waals surface area contributed by atoms with Crippen molar-refractivity contribution in [3.05, 3.63) is 28.2 Å². The fourth-order valence-corrected chi connectivity index (χ4v) is 3.37. The summed E-state index contributed by atoms with van der Waals surface area (Å²) in [6, 6.07) is 6.88. The predicted octanol–water partition coefficient (Wildman–Crippen LogP) is 2.73. The zero-order valence-electron chi connectivity index (χ0n) is 12.4. The molecule has 21 heavy (non-hydrogen) atoms. The third-order valence-electron chi connectivity index (χ3n) is 3.98. The number of piperidine rings is 1. The molecule has 0 unspecified atom stereocenters. The second kappa shape index (κ2) is 6.15. The molecule has 6 heteroatoms. The van der Waals surface area contributed by atoms with E-state index in [0.29, 0.717) is 6.04 Å². The molecule has 1 saturated heterocycles. The molecule has 0 saturated carbocycles. The van der Waals surface area contributed by atoms with Crippen LogP contribution in [0.5, 0.6) is 0 Å². The topological polar surface area (TPSA) is 56.8 Å². The van der Waals surface area contributed by atoms with E-state index in [9.17, 15) is 0 Å². The molecule has 0 radical (unpaired) electrons. The van der Waals surface area contributed by atoms with Crippen LogP contribution in [0.15, 0.2) is 22.7 Å². The average Bonchev–Trinajstić information content (AvgIpc) is 2.96. The first kappa shape index (κ1) is 14.5. The van der Waals surface area contributed by atoms with Crippen LogP contribution in [0.25, 0.3) is 11.4 Å². The molecule has 1 aromatic heterocycles. The van der Waals surface area contributed by atoms with E-state index < -0.39 is 0 Å². The van der Waals surface area contributed by atoms with Gasteiger partial charge in [-0.15, -0.1) is 5.10 Å². The van der Waals surface area contributed by atoms with Crippen LogP contribution in [0.4, 0.5) is 5.95 Å². The lowest BCUT2D eigenvalue weighted by atomic mass is 10.1. The maximum Gasteiger partial charge on any atom is 0.245 e. The number of nitrogens with zero attached hydrogens (tertiary/aromatic N) is 3. The minimum absolute atomic E-state index is 0.618. The summed E-state index contributed by atoms with van der Waals surface area (Å²) in [5.74, 6) is 1.63. The van der Waals surface area contributed by atoms with Gasteiger partial charge in [-0.05, 0) is 50.6 Å². The fraction of sp³-hybridized carbons (Fsp3) is 0.467. The Morgan fingerprint density at radius 1 is 1.29 bits per heavy atom. The number of halogens is 1. The Bertz CT molecular complexity index is 596. The van der Waals surface area contributed by atoms with E-state index in [0.717, 1.165) is 47.7 Å². The van der Waals surface area contributed by atoms with Gasteiger partial charge in [0, 0.05) is 29.2 Å². The average molecular weight is 350 g/mol. The first-order valence-electron chi connectivity index (χ1n) is 7.28. The molecule has 1 aliphatic rings. The van der Waals surface area contributed by atoms with Gasteiger partial charge in [0.05, 0.1) is 0 Å². The number of nitrogens with one attached hydrogen (secondary N) is 2. The zero-order chi connectivity index (χ0) is 14.8. The van der Waals surface area contributed by atoms with Crippen LogP contribution >= 0.6 is 15.9 Å². The Kier molecular flexibility index (Phi) is 4.26. The molecule has 3 rings (SSSR count). The first-order chi connectivity index (χ1) is 10.2. The third-order valence-corrected chi connectivity index (χ3v) is 4.43. The van der Waals surface area contributed by atoms with Crippen LogP contribution in [0, 0.1) is 6.92 Å². The Labute approximate surface area is 133 Å². The van der Waals surface area contributed by atoms with Gasteiger partial charge in [0.2, 0.25) is 5.95 Å². The van der Waals surface area contributed by atoms with E-state index in [-0.39, 0.29) is 0 Å². The number of benzene rings is 1. The number of aromatic amines is 1. The maximum absolute atomic E-state index is 4.66. The predicted molar refractivity (Wildman–Crippen MR) is 88.6 cm³/mol. The summed E-state index contributed by atoms with van der Waals surface area (Å²) in [6.07, 6.45) is 2.27. The van der Waals surface area contributed by atoms with Crippen molar-refractivity contribution >= 4 is 21.9 Å². The first-order valence-corrected chi connectivity index (χ1v) is 8.07. The van der Waals surface area contributed by atoms with Gasteiger partial charge in [0.25, 0.3) is 0 Å². The lowest BCUT2D eigenvalue weighted by molar-refractivity contribution is 0.439. The molecule has 0 amide bonds. The van der Waals surface area contributed by atoms with Crippen LogP contribution in [-0.2, 0) is 0 Å². The second-order valence-corrected chi connectivity index (χ2v) is 6.47. The molecule has 2 N–H and O–H groups in total. The van der Waals surface area contributed by atoms with E-state index in [1.165, 1.54) is 5.56 Å². The Morgan fingerprint density at radius 3 is 2.71 bits per heavy atom. The minimum Gasteiger partial charge on any atom is -0.339 e. The Morgan fingerprint density at radius 2 is 2.05 bits per heavy atom. The molecule has 1 aliphatic heterocycles. The van der Waals surface area contributed by atoms with Crippen molar-refractivity contribution in [3.8, 4) is 11.4 Å². The summed E-state index contributed by atoms with van der Waals surface area (Å²) in [7, 11) is 2.03. The van der Waals surface area contributed by atoms with Crippen molar-refractivity contribution in [2.75, 3.05) is 25.0 Å². The van der Waals surface area contributed by atoms with Crippen LogP contribution in [0.1, 0.15) is 18.4 Å². The van der Waals surface area contributed by atoms with Crippen LogP contribution < -0.4 is 10.2 Å². The molecule has 2 heterocycles. The lowest BCUT2D eigenvalue weighted by Gasteiger charge is -2.30. The van der Waals surface area contributed by atoms with Gasteiger partial charge in [-0.1, -0.05) is 15.9 Å². The van der Waals surface area contributed by atoms with Gasteiger partial charge in [-0.25, -0.2) is 0 Å². The highest BCUT2D eigenvalue weighted by Crippen LogP contribution is 2.24. The van der Waals surface area contributed by atoms with Gasteiger partial charge in [-0.2, -0.15) is 4.98 Å². The van der Waals surface area contributed by atoms with Gasteiger partial charge in [-0.3, -0.25) is 5.10 Å². The van der Waals surface area contributed by atoms with Crippen LogP contribution in [0.3, 0.4) is 0 Å². The Hall–Kier alpha value is -1.40. The number of rotatable bonds is 3.